The molecule has 30 heavy (non-hydrogen) atoms. The maximum absolute atomic E-state index is 12.4. The number of nitrogens with zero attached hydrogens (tertiary/aromatic N) is 1. The Balaban J connectivity index is 1.58. The van der Waals surface area contributed by atoms with Crippen molar-refractivity contribution in [2.75, 3.05) is 26.0 Å². The molecule has 0 saturated heterocycles. The zero-order chi connectivity index (χ0) is 21.9. The van der Waals surface area contributed by atoms with Crippen molar-refractivity contribution < 1.29 is 22.7 Å². The first kappa shape index (κ1) is 22.5. The number of amides is 1. The smallest absolute Gasteiger partial charge is 0.348 e. The molecule has 1 unspecified atom stereocenters. The Hall–Kier alpha value is -2.23. The minimum absolute atomic E-state index is 0.0665. The molecule has 0 bridgehead atoms. The predicted octanol–water partition coefficient (Wildman–Crippen LogP) is 3.31. The van der Waals surface area contributed by atoms with Crippen LogP contribution < -0.4 is 5.32 Å². The molecule has 1 aromatic heterocycles. The molecular formula is C21H26N2O5S2. The van der Waals surface area contributed by atoms with Crippen LogP contribution in [0.2, 0.25) is 0 Å². The fourth-order valence-electron chi connectivity index (χ4n) is 3.39. The Morgan fingerprint density at radius 3 is 2.73 bits per heavy atom. The fraction of sp³-hybridized carbons (Fsp3) is 0.429. The number of benzene rings is 1. The third kappa shape index (κ3) is 5.08. The van der Waals surface area contributed by atoms with Gasteiger partial charge in [0.25, 0.3) is 5.91 Å². The van der Waals surface area contributed by atoms with Gasteiger partial charge < -0.3 is 10.1 Å². The van der Waals surface area contributed by atoms with Crippen LogP contribution in [0.5, 0.6) is 0 Å². The van der Waals surface area contributed by atoms with Crippen molar-refractivity contribution in [1.29, 1.82) is 0 Å². The summed E-state index contributed by atoms with van der Waals surface area (Å²) in [6.07, 6.45) is 4.25. The van der Waals surface area contributed by atoms with Gasteiger partial charge in [-0.15, -0.1) is 11.3 Å². The van der Waals surface area contributed by atoms with E-state index in [1.54, 1.807) is 6.07 Å². The molecule has 9 heteroatoms. The van der Waals surface area contributed by atoms with Gasteiger partial charge in [0.2, 0.25) is 10.0 Å². The van der Waals surface area contributed by atoms with Crippen molar-refractivity contribution in [3.8, 4) is 0 Å². The van der Waals surface area contributed by atoms with Crippen molar-refractivity contribution in [3.05, 3.63) is 45.6 Å². The summed E-state index contributed by atoms with van der Waals surface area (Å²) in [5.74, 6) is -0.384. The number of rotatable bonds is 7. The summed E-state index contributed by atoms with van der Waals surface area (Å²) >= 11 is 1.44. The van der Waals surface area contributed by atoms with Crippen LogP contribution in [0.3, 0.4) is 0 Å². The Labute approximate surface area is 181 Å². The first-order valence-corrected chi connectivity index (χ1v) is 12.1. The van der Waals surface area contributed by atoms with Crippen molar-refractivity contribution in [3.63, 3.8) is 0 Å². The van der Waals surface area contributed by atoms with E-state index < -0.39 is 28.5 Å². The highest BCUT2D eigenvalue weighted by Gasteiger charge is 2.23. The lowest BCUT2D eigenvalue weighted by Crippen LogP contribution is -2.23. The number of fused-ring (bicyclic) bond motifs is 1. The van der Waals surface area contributed by atoms with E-state index in [0.29, 0.717) is 16.5 Å². The molecule has 1 amide bonds. The molecule has 1 atom stereocenters. The molecule has 1 aliphatic rings. The predicted molar refractivity (Wildman–Crippen MR) is 116 cm³/mol. The van der Waals surface area contributed by atoms with E-state index in [1.807, 2.05) is 6.07 Å². The van der Waals surface area contributed by atoms with Crippen LogP contribution in [0.15, 0.2) is 35.2 Å². The maximum Gasteiger partial charge on any atom is 0.348 e. The third-order valence-corrected chi connectivity index (χ3v) is 8.22. The maximum atomic E-state index is 12.4. The van der Waals surface area contributed by atoms with Crippen molar-refractivity contribution >= 4 is 38.9 Å². The summed E-state index contributed by atoms with van der Waals surface area (Å²) in [4.78, 5) is 26.3. The van der Waals surface area contributed by atoms with Gasteiger partial charge in [0.05, 0.1) is 4.90 Å². The molecule has 1 N–H and O–H groups in total. The van der Waals surface area contributed by atoms with Crippen LogP contribution in [0.25, 0.3) is 0 Å². The van der Waals surface area contributed by atoms with Crippen molar-refractivity contribution in [2.45, 2.75) is 37.5 Å². The molecule has 0 fully saturated rings. The topological polar surface area (TPSA) is 92.8 Å². The van der Waals surface area contributed by atoms with Crippen LogP contribution in [0.1, 0.15) is 39.9 Å². The first-order chi connectivity index (χ1) is 14.2. The molecular weight excluding hydrogens is 424 g/mol. The number of aryl methyl sites for hydroxylation is 1. The van der Waals surface area contributed by atoms with Gasteiger partial charge in [0.1, 0.15) is 4.88 Å². The third-order valence-electron chi connectivity index (χ3n) is 5.19. The van der Waals surface area contributed by atoms with Crippen LogP contribution in [0.4, 0.5) is 5.69 Å². The molecule has 0 radical (unpaired) electrons. The monoisotopic (exact) mass is 450 g/mol. The van der Waals surface area contributed by atoms with E-state index in [1.165, 1.54) is 54.1 Å². The van der Waals surface area contributed by atoms with Gasteiger partial charge in [-0.25, -0.2) is 17.5 Å². The minimum atomic E-state index is -3.61. The Kier molecular flexibility index (Phi) is 6.95. The number of carbonyl (C=O) groups is 2. The molecule has 0 saturated carbocycles. The Bertz CT molecular complexity index is 1040. The Morgan fingerprint density at radius 1 is 1.27 bits per heavy atom. The van der Waals surface area contributed by atoms with Crippen molar-refractivity contribution in [2.24, 2.45) is 5.92 Å². The number of carbonyl (C=O) groups excluding carboxylic acids is 2. The second kappa shape index (κ2) is 9.28. The fourth-order valence-corrected chi connectivity index (χ4v) is 5.44. The lowest BCUT2D eigenvalue weighted by Gasteiger charge is -2.19. The number of hydrogen-bond acceptors (Lipinski definition) is 6. The van der Waals surface area contributed by atoms with Gasteiger partial charge in [0.15, 0.2) is 6.61 Å². The zero-order valence-corrected chi connectivity index (χ0v) is 18.9. The van der Waals surface area contributed by atoms with Gasteiger partial charge in [-0.1, -0.05) is 19.4 Å². The van der Waals surface area contributed by atoms with E-state index in [4.69, 9.17) is 4.74 Å². The van der Waals surface area contributed by atoms with E-state index in [9.17, 15) is 18.0 Å². The largest absolute Gasteiger partial charge is 0.451 e. The molecule has 1 heterocycles. The average Bonchev–Trinajstić information content (AvgIpc) is 3.15. The van der Waals surface area contributed by atoms with Crippen LogP contribution >= 0.6 is 11.3 Å². The summed E-state index contributed by atoms with van der Waals surface area (Å²) in [7, 11) is -0.736. The second-order valence-corrected chi connectivity index (χ2v) is 10.8. The number of nitrogens with one attached hydrogen (secondary N) is 1. The summed E-state index contributed by atoms with van der Waals surface area (Å²) in [6.45, 7) is 1.74. The van der Waals surface area contributed by atoms with Gasteiger partial charge in [-0.3, -0.25) is 4.79 Å². The van der Waals surface area contributed by atoms with E-state index >= 15 is 0 Å². The lowest BCUT2D eigenvalue weighted by molar-refractivity contribution is -0.119. The number of sulfonamides is 1. The SMILES string of the molecule is CCC1CCc2sc(C(=O)OCC(=O)Nc3cccc(S(=O)(=O)N(C)C)c3)cc2C1. The minimum Gasteiger partial charge on any atom is -0.451 e. The van der Waals surface area contributed by atoms with Crippen LogP contribution in [-0.4, -0.2) is 45.3 Å². The molecule has 3 rings (SSSR count). The van der Waals surface area contributed by atoms with E-state index in [0.717, 1.165) is 30.0 Å². The zero-order valence-electron chi connectivity index (χ0n) is 17.3. The quantitative estimate of drug-likeness (QED) is 0.654. The molecule has 2 aromatic rings. The number of ether oxygens (including phenoxy) is 1. The highest BCUT2D eigenvalue weighted by atomic mass is 32.2. The van der Waals surface area contributed by atoms with Gasteiger partial charge in [0, 0.05) is 24.7 Å². The van der Waals surface area contributed by atoms with Gasteiger partial charge in [-0.2, -0.15) is 0 Å². The normalized spacial score (nSPS) is 16.2. The first-order valence-electron chi connectivity index (χ1n) is 9.81. The number of hydrogen-bond donors (Lipinski definition) is 1. The number of thiophene rings is 1. The molecule has 0 spiro atoms. The summed E-state index contributed by atoms with van der Waals surface area (Å²) in [5, 5.41) is 2.57. The van der Waals surface area contributed by atoms with E-state index in [-0.39, 0.29) is 4.90 Å². The van der Waals surface area contributed by atoms with Crippen LogP contribution in [-0.2, 0) is 32.4 Å². The van der Waals surface area contributed by atoms with Gasteiger partial charge >= 0.3 is 5.97 Å². The molecule has 7 nitrogen and oxygen atoms in total. The van der Waals surface area contributed by atoms with E-state index in [2.05, 4.69) is 12.2 Å². The summed E-state index contributed by atoms with van der Waals surface area (Å²) < 4.78 is 30.7. The van der Waals surface area contributed by atoms with Gasteiger partial charge in [-0.05, 0) is 55.0 Å². The molecule has 0 aliphatic heterocycles. The molecule has 162 valence electrons. The molecule has 1 aromatic carbocycles. The standard InChI is InChI=1S/C21H26N2O5S2/c1-4-14-8-9-18-15(10-14)11-19(29-18)21(25)28-13-20(24)22-16-6-5-7-17(12-16)30(26,27)23(2)3/h5-7,11-12,14H,4,8-10,13H2,1-3H3,(H,22,24). The highest BCUT2D eigenvalue weighted by molar-refractivity contribution is 7.89. The Morgan fingerprint density at radius 2 is 2.03 bits per heavy atom. The summed E-state index contributed by atoms with van der Waals surface area (Å²) in [5.41, 5.74) is 1.53. The highest BCUT2D eigenvalue weighted by Crippen LogP contribution is 2.33. The van der Waals surface area contributed by atoms with Crippen LogP contribution in [0, 0.1) is 5.92 Å². The van der Waals surface area contributed by atoms with Crippen molar-refractivity contribution in [1.82, 2.24) is 4.31 Å². The second-order valence-electron chi connectivity index (χ2n) is 7.52. The lowest BCUT2D eigenvalue weighted by atomic mass is 9.87. The molecule has 1 aliphatic carbocycles. The average molecular weight is 451 g/mol. The summed E-state index contributed by atoms with van der Waals surface area (Å²) in [6, 6.07) is 7.82. The number of anilines is 1. The number of esters is 1.